The lowest BCUT2D eigenvalue weighted by atomic mass is 10.7. The van der Waals surface area contributed by atoms with Gasteiger partial charge < -0.3 is 4.90 Å². The summed E-state index contributed by atoms with van der Waals surface area (Å²) in [6.45, 7) is 0. The van der Waals surface area contributed by atoms with E-state index in [1.54, 1.807) is 14.1 Å². The monoisotopic (exact) mass is 199 g/mol. The van der Waals surface area contributed by atoms with Crippen molar-refractivity contribution in [2.75, 3.05) is 30.9 Å². The molecule has 0 aliphatic carbocycles. The van der Waals surface area contributed by atoms with Crippen molar-refractivity contribution in [3.05, 3.63) is 6.08 Å². The van der Waals surface area contributed by atoms with E-state index in [0.29, 0.717) is 6.41 Å². The second kappa shape index (κ2) is 3.95. The first-order chi connectivity index (χ1) is 6.54. The van der Waals surface area contributed by atoms with Crippen molar-refractivity contribution in [1.29, 1.82) is 0 Å². The van der Waals surface area contributed by atoms with Crippen LogP contribution in [-0.2, 0) is 4.79 Å². The van der Waals surface area contributed by atoms with Crippen LogP contribution in [0.15, 0.2) is 0 Å². The number of hydrogen-bond donors (Lipinski definition) is 0. The molecule has 1 aromatic rings. The highest BCUT2D eigenvalue weighted by molar-refractivity contribution is 5.70. The van der Waals surface area contributed by atoms with Gasteiger partial charge in [-0.05, 0) is 0 Å². The van der Waals surface area contributed by atoms with E-state index in [-0.39, 0.29) is 11.9 Å². The van der Waals surface area contributed by atoms with Crippen LogP contribution >= 0.6 is 0 Å². The molecule has 14 heavy (non-hydrogen) atoms. The number of anilines is 2. The van der Waals surface area contributed by atoms with E-state index in [2.05, 4.69) is 15.0 Å². The van der Waals surface area contributed by atoms with E-state index < -0.39 is 6.08 Å². The summed E-state index contributed by atoms with van der Waals surface area (Å²) in [5.41, 5.74) is 0. The Bertz CT molecular complexity index is 343. The van der Waals surface area contributed by atoms with Crippen LogP contribution in [0.3, 0.4) is 0 Å². The summed E-state index contributed by atoms with van der Waals surface area (Å²) in [7, 11) is 4.76. The van der Waals surface area contributed by atoms with Crippen molar-refractivity contribution in [2.45, 2.75) is 0 Å². The molecular formula is C7H10FN5O. The third kappa shape index (κ3) is 2.12. The van der Waals surface area contributed by atoms with Gasteiger partial charge in [-0.25, -0.2) is 0 Å². The number of aromatic nitrogens is 3. The molecule has 0 bridgehead atoms. The summed E-state index contributed by atoms with van der Waals surface area (Å²) < 4.78 is 12.9. The number of carbonyl (C=O) groups excluding carboxylic acids is 1. The van der Waals surface area contributed by atoms with Gasteiger partial charge >= 0.3 is 6.08 Å². The van der Waals surface area contributed by atoms with Gasteiger partial charge in [-0.15, -0.1) is 0 Å². The first-order valence-corrected chi connectivity index (χ1v) is 3.81. The summed E-state index contributed by atoms with van der Waals surface area (Å²) in [5, 5.41) is 0. The zero-order valence-electron chi connectivity index (χ0n) is 8.10. The van der Waals surface area contributed by atoms with Crippen molar-refractivity contribution >= 4 is 18.3 Å². The zero-order valence-corrected chi connectivity index (χ0v) is 8.10. The number of amides is 1. The van der Waals surface area contributed by atoms with Gasteiger partial charge in [0.2, 0.25) is 18.3 Å². The van der Waals surface area contributed by atoms with Crippen molar-refractivity contribution in [2.24, 2.45) is 0 Å². The van der Waals surface area contributed by atoms with Crippen molar-refractivity contribution in [3.8, 4) is 0 Å². The van der Waals surface area contributed by atoms with Gasteiger partial charge in [0.25, 0.3) is 0 Å². The molecule has 0 aromatic carbocycles. The molecule has 1 heterocycles. The molecule has 0 spiro atoms. The first kappa shape index (κ1) is 10.3. The highest BCUT2D eigenvalue weighted by atomic mass is 19.1. The van der Waals surface area contributed by atoms with Crippen molar-refractivity contribution in [1.82, 2.24) is 15.0 Å². The van der Waals surface area contributed by atoms with Crippen molar-refractivity contribution in [3.63, 3.8) is 0 Å². The Hall–Kier alpha value is -1.79. The van der Waals surface area contributed by atoms with Crippen LogP contribution < -0.4 is 9.80 Å². The Morgan fingerprint density at radius 3 is 2.21 bits per heavy atom. The van der Waals surface area contributed by atoms with E-state index in [1.165, 1.54) is 11.9 Å². The molecule has 0 aliphatic rings. The average Bonchev–Trinajstić information content (AvgIpc) is 2.15. The van der Waals surface area contributed by atoms with Crippen LogP contribution in [0, 0.1) is 6.08 Å². The Balaban J connectivity index is 3.13. The molecule has 0 N–H and O–H groups in total. The summed E-state index contributed by atoms with van der Waals surface area (Å²) in [6, 6.07) is 0. The molecule has 0 aliphatic heterocycles. The maximum Gasteiger partial charge on any atom is 0.315 e. The maximum absolute atomic E-state index is 12.9. The quantitative estimate of drug-likeness (QED) is 0.624. The summed E-state index contributed by atoms with van der Waals surface area (Å²) in [4.78, 5) is 23.6. The number of rotatable bonds is 3. The fourth-order valence-corrected chi connectivity index (χ4v) is 0.734. The smallest absolute Gasteiger partial charge is 0.315 e. The van der Waals surface area contributed by atoms with Gasteiger partial charge in [-0.1, -0.05) is 0 Å². The van der Waals surface area contributed by atoms with Crippen LogP contribution in [0.5, 0.6) is 0 Å². The topological polar surface area (TPSA) is 62.2 Å². The minimum Gasteiger partial charge on any atom is -0.347 e. The molecule has 6 nitrogen and oxygen atoms in total. The molecule has 0 saturated carbocycles. The normalized spacial score (nSPS) is 9.71. The zero-order chi connectivity index (χ0) is 10.7. The van der Waals surface area contributed by atoms with Gasteiger partial charge in [0.15, 0.2) is 0 Å². The summed E-state index contributed by atoms with van der Waals surface area (Å²) >= 11 is 0. The van der Waals surface area contributed by atoms with E-state index in [9.17, 15) is 9.18 Å². The standard InChI is InChI=1S/C7H10FN5O/c1-12(2)6-9-5(8)10-7(11-6)13(3)4-14/h4H,1-3H3. The Kier molecular flexibility index (Phi) is 2.90. The Labute approximate surface area is 80.4 Å². The third-order valence-electron chi connectivity index (χ3n) is 1.46. The van der Waals surface area contributed by atoms with Gasteiger partial charge in [0, 0.05) is 21.1 Å². The molecule has 1 amide bonds. The predicted octanol–water partition coefficient (Wildman–Crippen LogP) is -0.331. The number of nitrogens with zero attached hydrogens (tertiary/aromatic N) is 5. The molecule has 0 saturated heterocycles. The van der Waals surface area contributed by atoms with Crippen LogP contribution in [0.25, 0.3) is 0 Å². The molecule has 0 radical (unpaired) electrons. The van der Waals surface area contributed by atoms with Gasteiger partial charge in [-0.3, -0.25) is 9.69 Å². The molecule has 1 rings (SSSR count). The fraction of sp³-hybridized carbons (Fsp3) is 0.429. The molecule has 0 fully saturated rings. The van der Waals surface area contributed by atoms with Crippen LogP contribution in [-0.4, -0.2) is 42.5 Å². The summed E-state index contributed by atoms with van der Waals surface area (Å²) in [6.07, 6.45) is -0.416. The Morgan fingerprint density at radius 1 is 1.14 bits per heavy atom. The van der Waals surface area contributed by atoms with Gasteiger partial charge in [-0.2, -0.15) is 19.3 Å². The van der Waals surface area contributed by atoms with Crippen LogP contribution in [0.2, 0.25) is 0 Å². The molecular weight excluding hydrogens is 189 g/mol. The van der Waals surface area contributed by atoms with Crippen LogP contribution in [0.1, 0.15) is 0 Å². The van der Waals surface area contributed by atoms with Gasteiger partial charge in [0.05, 0.1) is 0 Å². The van der Waals surface area contributed by atoms with Crippen molar-refractivity contribution < 1.29 is 9.18 Å². The minimum atomic E-state index is -0.910. The second-order valence-electron chi connectivity index (χ2n) is 2.82. The molecule has 7 heteroatoms. The largest absolute Gasteiger partial charge is 0.347 e. The lowest BCUT2D eigenvalue weighted by Crippen LogP contribution is -2.21. The fourth-order valence-electron chi connectivity index (χ4n) is 0.734. The SMILES string of the molecule is CN(C)c1nc(F)nc(N(C)C=O)n1. The molecule has 1 aromatic heterocycles. The van der Waals surface area contributed by atoms with E-state index in [0.717, 1.165) is 4.90 Å². The third-order valence-corrected chi connectivity index (χ3v) is 1.46. The lowest BCUT2D eigenvalue weighted by Gasteiger charge is -2.13. The summed E-state index contributed by atoms with van der Waals surface area (Å²) in [5.74, 6) is 0.150. The second-order valence-corrected chi connectivity index (χ2v) is 2.82. The van der Waals surface area contributed by atoms with Gasteiger partial charge in [0.1, 0.15) is 0 Å². The van der Waals surface area contributed by atoms with E-state index in [1.807, 2.05) is 0 Å². The number of halogens is 1. The average molecular weight is 199 g/mol. The highest BCUT2D eigenvalue weighted by Gasteiger charge is 2.10. The maximum atomic E-state index is 12.9. The Morgan fingerprint density at radius 2 is 1.71 bits per heavy atom. The number of carbonyl (C=O) groups is 1. The molecule has 76 valence electrons. The lowest BCUT2D eigenvalue weighted by molar-refractivity contribution is -0.107. The highest BCUT2D eigenvalue weighted by Crippen LogP contribution is 2.08. The predicted molar refractivity (Wildman–Crippen MR) is 48.6 cm³/mol. The molecule has 0 atom stereocenters. The number of hydrogen-bond acceptors (Lipinski definition) is 5. The molecule has 0 unspecified atom stereocenters. The van der Waals surface area contributed by atoms with Crippen LogP contribution in [0.4, 0.5) is 16.3 Å². The van der Waals surface area contributed by atoms with E-state index in [4.69, 9.17) is 0 Å². The minimum absolute atomic E-state index is 0.0174. The first-order valence-electron chi connectivity index (χ1n) is 3.81. The van der Waals surface area contributed by atoms with E-state index >= 15 is 0 Å².